The van der Waals surface area contributed by atoms with Crippen molar-refractivity contribution < 1.29 is 9.53 Å². The fourth-order valence-electron chi connectivity index (χ4n) is 1.84. The predicted octanol–water partition coefficient (Wildman–Crippen LogP) is 3.91. The summed E-state index contributed by atoms with van der Waals surface area (Å²) in [5.41, 5.74) is 8.28. The van der Waals surface area contributed by atoms with Gasteiger partial charge in [0.25, 0.3) is 0 Å². The lowest BCUT2D eigenvalue weighted by molar-refractivity contribution is 0.0522. The van der Waals surface area contributed by atoms with Gasteiger partial charge in [-0.3, -0.25) is 0 Å². The molecule has 20 heavy (non-hydrogen) atoms. The first-order chi connectivity index (χ1) is 9.61. The van der Waals surface area contributed by atoms with Crippen molar-refractivity contribution >= 4 is 23.4 Å². The van der Waals surface area contributed by atoms with E-state index >= 15 is 0 Å². The van der Waals surface area contributed by atoms with E-state index in [2.05, 4.69) is 6.07 Å². The maximum absolute atomic E-state index is 12.0. The summed E-state index contributed by atoms with van der Waals surface area (Å²) in [6.07, 6.45) is 0. The SMILES string of the molecule is CCOC(=O)c1cccc(N)c1Sc1cccc(C)c1. The van der Waals surface area contributed by atoms with Gasteiger partial charge in [0, 0.05) is 15.5 Å². The highest BCUT2D eigenvalue weighted by Gasteiger charge is 2.15. The Bertz CT molecular complexity index is 626. The first-order valence-corrected chi connectivity index (χ1v) is 7.23. The number of nitrogens with two attached hydrogens (primary N) is 1. The zero-order chi connectivity index (χ0) is 14.5. The van der Waals surface area contributed by atoms with Crippen molar-refractivity contribution in [1.29, 1.82) is 0 Å². The molecule has 0 bridgehead atoms. The van der Waals surface area contributed by atoms with Gasteiger partial charge in [-0.25, -0.2) is 4.79 Å². The Labute approximate surface area is 123 Å². The Balaban J connectivity index is 2.37. The van der Waals surface area contributed by atoms with E-state index in [1.54, 1.807) is 25.1 Å². The first kappa shape index (κ1) is 14.5. The molecular formula is C16H17NO2S. The smallest absolute Gasteiger partial charge is 0.339 e. The first-order valence-electron chi connectivity index (χ1n) is 6.42. The lowest BCUT2D eigenvalue weighted by Gasteiger charge is -2.11. The van der Waals surface area contributed by atoms with Gasteiger partial charge in [0.1, 0.15) is 0 Å². The van der Waals surface area contributed by atoms with Crippen molar-refractivity contribution in [2.45, 2.75) is 23.6 Å². The van der Waals surface area contributed by atoms with Crippen LogP contribution >= 0.6 is 11.8 Å². The fourth-order valence-corrected chi connectivity index (χ4v) is 2.91. The summed E-state index contributed by atoms with van der Waals surface area (Å²) in [6, 6.07) is 13.4. The quantitative estimate of drug-likeness (QED) is 0.684. The number of rotatable bonds is 4. The summed E-state index contributed by atoms with van der Waals surface area (Å²) >= 11 is 1.48. The van der Waals surface area contributed by atoms with Crippen molar-refractivity contribution in [1.82, 2.24) is 0 Å². The van der Waals surface area contributed by atoms with Crippen molar-refractivity contribution in [2.24, 2.45) is 0 Å². The van der Waals surface area contributed by atoms with Gasteiger partial charge in [-0.15, -0.1) is 0 Å². The van der Waals surface area contributed by atoms with Gasteiger partial charge in [-0.1, -0.05) is 35.5 Å². The number of nitrogen functional groups attached to an aromatic ring is 1. The second-order valence-electron chi connectivity index (χ2n) is 4.36. The van der Waals surface area contributed by atoms with Crippen molar-refractivity contribution in [3.63, 3.8) is 0 Å². The van der Waals surface area contributed by atoms with E-state index in [9.17, 15) is 4.79 Å². The Morgan fingerprint density at radius 3 is 2.70 bits per heavy atom. The number of esters is 1. The summed E-state index contributed by atoms with van der Waals surface area (Å²) in [5, 5.41) is 0. The Kier molecular flexibility index (Phi) is 4.69. The molecule has 2 N–H and O–H groups in total. The van der Waals surface area contributed by atoms with Gasteiger partial charge in [0.2, 0.25) is 0 Å². The lowest BCUT2D eigenvalue weighted by Crippen LogP contribution is -2.07. The van der Waals surface area contributed by atoms with Crippen LogP contribution in [0.25, 0.3) is 0 Å². The van der Waals surface area contributed by atoms with E-state index in [1.807, 2.05) is 25.1 Å². The summed E-state index contributed by atoms with van der Waals surface area (Å²) < 4.78 is 5.08. The van der Waals surface area contributed by atoms with Crippen LogP contribution in [-0.4, -0.2) is 12.6 Å². The molecule has 2 rings (SSSR count). The summed E-state index contributed by atoms with van der Waals surface area (Å²) in [5.74, 6) is -0.338. The third kappa shape index (κ3) is 3.33. The molecule has 2 aromatic carbocycles. The molecule has 0 aliphatic rings. The number of carbonyl (C=O) groups excluding carboxylic acids is 1. The van der Waals surface area contributed by atoms with Crippen molar-refractivity contribution in [3.8, 4) is 0 Å². The van der Waals surface area contributed by atoms with Gasteiger partial charge in [-0.2, -0.15) is 0 Å². The third-order valence-electron chi connectivity index (χ3n) is 2.75. The second-order valence-corrected chi connectivity index (χ2v) is 5.45. The molecule has 2 aromatic rings. The molecule has 4 heteroatoms. The zero-order valence-corrected chi connectivity index (χ0v) is 12.4. The van der Waals surface area contributed by atoms with Gasteiger partial charge in [0.15, 0.2) is 0 Å². The molecule has 0 spiro atoms. The maximum atomic E-state index is 12.0. The largest absolute Gasteiger partial charge is 0.462 e. The fraction of sp³-hybridized carbons (Fsp3) is 0.188. The minimum absolute atomic E-state index is 0.338. The zero-order valence-electron chi connectivity index (χ0n) is 11.6. The number of benzene rings is 2. The third-order valence-corrected chi connectivity index (χ3v) is 3.90. The molecule has 0 aromatic heterocycles. The average molecular weight is 287 g/mol. The number of carbonyl (C=O) groups is 1. The number of aryl methyl sites for hydroxylation is 1. The Morgan fingerprint density at radius 1 is 1.25 bits per heavy atom. The summed E-state index contributed by atoms with van der Waals surface area (Å²) in [4.78, 5) is 13.8. The summed E-state index contributed by atoms with van der Waals surface area (Å²) in [6.45, 7) is 4.17. The van der Waals surface area contributed by atoms with E-state index in [1.165, 1.54) is 17.3 Å². The molecule has 0 saturated heterocycles. The minimum atomic E-state index is -0.338. The topological polar surface area (TPSA) is 52.3 Å². The molecule has 0 radical (unpaired) electrons. The molecule has 0 fully saturated rings. The molecule has 0 aliphatic heterocycles. The number of ether oxygens (including phenoxy) is 1. The van der Waals surface area contributed by atoms with E-state index < -0.39 is 0 Å². The van der Waals surface area contributed by atoms with Crippen LogP contribution in [0.2, 0.25) is 0 Å². The molecule has 0 heterocycles. The van der Waals surface area contributed by atoms with Crippen LogP contribution in [0.4, 0.5) is 5.69 Å². The van der Waals surface area contributed by atoms with Crippen LogP contribution in [0, 0.1) is 6.92 Å². The number of anilines is 1. The molecule has 0 amide bonds. The maximum Gasteiger partial charge on any atom is 0.339 e. The molecule has 0 unspecified atom stereocenters. The normalized spacial score (nSPS) is 10.3. The molecule has 0 saturated carbocycles. The lowest BCUT2D eigenvalue weighted by atomic mass is 10.2. The predicted molar refractivity (Wildman–Crippen MR) is 82.1 cm³/mol. The standard InChI is InChI=1S/C16H17NO2S/c1-3-19-16(18)13-8-5-9-14(17)15(13)20-12-7-4-6-11(2)10-12/h4-10H,3,17H2,1-2H3. The van der Waals surface area contributed by atoms with Gasteiger partial charge < -0.3 is 10.5 Å². The second kappa shape index (κ2) is 6.48. The van der Waals surface area contributed by atoms with Gasteiger partial charge in [-0.05, 0) is 38.1 Å². The average Bonchev–Trinajstić information content (AvgIpc) is 2.41. The molecule has 3 nitrogen and oxygen atoms in total. The Hall–Kier alpha value is -1.94. The Morgan fingerprint density at radius 2 is 2.00 bits per heavy atom. The molecular weight excluding hydrogens is 270 g/mol. The van der Waals surface area contributed by atoms with Gasteiger partial charge in [0.05, 0.1) is 12.2 Å². The van der Waals surface area contributed by atoms with Crippen molar-refractivity contribution in [3.05, 3.63) is 53.6 Å². The molecule has 104 valence electrons. The van der Waals surface area contributed by atoms with Crippen LogP contribution in [0.15, 0.2) is 52.3 Å². The van der Waals surface area contributed by atoms with E-state index in [4.69, 9.17) is 10.5 Å². The van der Waals surface area contributed by atoms with Gasteiger partial charge >= 0.3 is 5.97 Å². The summed E-state index contributed by atoms with van der Waals surface area (Å²) in [7, 11) is 0. The minimum Gasteiger partial charge on any atom is -0.462 e. The van der Waals surface area contributed by atoms with E-state index in [-0.39, 0.29) is 5.97 Å². The van der Waals surface area contributed by atoms with E-state index in [0.717, 1.165) is 9.79 Å². The highest BCUT2D eigenvalue weighted by atomic mass is 32.2. The number of hydrogen-bond acceptors (Lipinski definition) is 4. The monoisotopic (exact) mass is 287 g/mol. The highest BCUT2D eigenvalue weighted by molar-refractivity contribution is 7.99. The van der Waals surface area contributed by atoms with Crippen LogP contribution in [0.1, 0.15) is 22.8 Å². The molecule has 0 atom stereocenters. The van der Waals surface area contributed by atoms with Crippen LogP contribution in [0.5, 0.6) is 0 Å². The van der Waals surface area contributed by atoms with Crippen LogP contribution in [0.3, 0.4) is 0 Å². The van der Waals surface area contributed by atoms with Crippen LogP contribution < -0.4 is 5.73 Å². The van der Waals surface area contributed by atoms with E-state index in [0.29, 0.717) is 17.9 Å². The molecule has 0 aliphatic carbocycles. The number of hydrogen-bond donors (Lipinski definition) is 1. The van der Waals surface area contributed by atoms with Crippen molar-refractivity contribution in [2.75, 3.05) is 12.3 Å². The van der Waals surface area contributed by atoms with Crippen LogP contribution in [-0.2, 0) is 4.74 Å². The highest BCUT2D eigenvalue weighted by Crippen LogP contribution is 2.35.